The van der Waals surface area contributed by atoms with Gasteiger partial charge in [0.1, 0.15) is 16.4 Å². The molecule has 1 N–H and O–H groups in total. The lowest BCUT2D eigenvalue weighted by Crippen LogP contribution is -2.11. The number of esters is 1. The molecule has 7 heteroatoms. The maximum Gasteiger partial charge on any atom is 0.349 e. The van der Waals surface area contributed by atoms with E-state index in [2.05, 4.69) is 15.0 Å². The molecule has 0 atom stereocenters. The van der Waals surface area contributed by atoms with Crippen LogP contribution in [0.15, 0.2) is 60.8 Å². The fourth-order valence-corrected chi connectivity index (χ4v) is 2.72. The number of nitrogens with one attached hydrogen (secondary N) is 1. The Bertz CT molecular complexity index is 876. The van der Waals surface area contributed by atoms with Crippen molar-refractivity contribution in [1.82, 2.24) is 4.98 Å². The van der Waals surface area contributed by atoms with Crippen molar-refractivity contribution in [3.8, 4) is 11.5 Å². The van der Waals surface area contributed by atoms with Gasteiger partial charge in [-0.1, -0.05) is 29.5 Å². The lowest BCUT2D eigenvalue weighted by Gasteiger charge is -2.06. The third-order valence-electron chi connectivity index (χ3n) is 3.21. The van der Waals surface area contributed by atoms with E-state index in [1.807, 2.05) is 30.3 Å². The zero-order chi connectivity index (χ0) is 17.6. The molecule has 2 aromatic carbocycles. The quantitative estimate of drug-likeness (QED) is 0.702. The summed E-state index contributed by atoms with van der Waals surface area (Å²) in [4.78, 5) is 27.9. The van der Waals surface area contributed by atoms with Crippen molar-refractivity contribution in [3.63, 3.8) is 0 Å². The zero-order valence-electron chi connectivity index (χ0n) is 13.3. The highest BCUT2D eigenvalue weighted by molar-refractivity contribution is 7.17. The Labute approximate surface area is 148 Å². The number of rotatable bonds is 5. The molecule has 0 saturated heterocycles. The van der Waals surface area contributed by atoms with Crippen LogP contribution in [0.1, 0.15) is 20.0 Å². The summed E-state index contributed by atoms with van der Waals surface area (Å²) < 4.78 is 10.3. The van der Waals surface area contributed by atoms with Gasteiger partial charge < -0.3 is 9.47 Å². The first-order valence-electron chi connectivity index (χ1n) is 7.34. The predicted molar refractivity (Wildman–Crippen MR) is 94.4 cm³/mol. The summed E-state index contributed by atoms with van der Waals surface area (Å²) in [6.45, 7) is 0. The normalized spacial score (nSPS) is 10.1. The summed E-state index contributed by atoms with van der Waals surface area (Å²) in [5.74, 6) is 0.542. The van der Waals surface area contributed by atoms with Crippen LogP contribution >= 0.6 is 11.3 Å². The maximum atomic E-state index is 12.2. The predicted octanol–water partition coefficient (Wildman–Crippen LogP) is 3.97. The van der Waals surface area contributed by atoms with E-state index in [1.54, 1.807) is 24.3 Å². The number of nitrogens with zero attached hydrogens (tertiary/aromatic N) is 1. The van der Waals surface area contributed by atoms with Crippen LogP contribution in [0.2, 0.25) is 0 Å². The number of para-hydroxylation sites is 1. The Morgan fingerprint density at radius 1 is 1.00 bits per heavy atom. The molecule has 1 heterocycles. The van der Waals surface area contributed by atoms with Gasteiger partial charge in [-0.3, -0.25) is 10.1 Å². The third-order valence-corrected chi connectivity index (χ3v) is 4.10. The highest BCUT2D eigenvalue weighted by atomic mass is 32.1. The van der Waals surface area contributed by atoms with Crippen LogP contribution < -0.4 is 10.1 Å². The van der Waals surface area contributed by atoms with Crippen LogP contribution in [0.3, 0.4) is 0 Å². The van der Waals surface area contributed by atoms with Crippen LogP contribution in [-0.2, 0) is 4.74 Å². The number of carbonyl (C=O) groups is 2. The number of methoxy groups -OCH3 is 1. The van der Waals surface area contributed by atoms with Crippen LogP contribution in [0.4, 0.5) is 5.13 Å². The Morgan fingerprint density at radius 3 is 2.36 bits per heavy atom. The number of carbonyl (C=O) groups excluding carboxylic acids is 2. The smallest absolute Gasteiger partial charge is 0.349 e. The summed E-state index contributed by atoms with van der Waals surface area (Å²) in [6, 6.07) is 16.1. The average Bonchev–Trinajstić information content (AvgIpc) is 3.11. The third kappa shape index (κ3) is 4.21. The van der Waals surface area contributed by atoms with Gasteiger partial charge in [0.2, 0.25) is 0 Å². The summed E-state index contributed by atoms with van der Waals surface area (Å²) in [7, 11) is 1.29. The number of anilines is 1. The first kappa shape index (κ1) is 16.7. The maximum absolute atomic E-state index is 12.2. The lowest BCUT2D eigenvalue weighted by molar-refractivity contribution is 0.0606. The second-order valence-corrected chi connectivity index (χ2v) is 5.95. The van der Waals surface area contributed by atoms with E-state index in [0.717, 1.165) is 17.1 Å². The van der Waals surface area contributed by atoms with Crippen molar-refractivity contribution in [1.29, 1.82) is 0 Å². The fraction of sp³-hybridized carbons (Fsp3) is 0.0556. The van der Waals surface area contributed by atoms with Crippen molar-refractivity contribution in [2.24, 2.45) is 0 Å². The number of hydrogen-bond donors (Lipinski definition) is 1. The first-order valence-corrected chi connectivity index (χ1v) is 8.16. The van der Waals surface area contributed by atoms with Crippen LogP contribution in [0.25, 0.3) is 0 Å². The van der Waals surface area contributed by atoms with Gasteiger partial charge in [0.05, 0.1) is 13.3 Å². The Kier molecular flexibility index (Phi) is 5.06. The van der Waals surface area contributed by atoms with Crippen molar-refractivity contribution in [3.05, 3.63) is 71.2 Å². The van der Waals surface area contributed by atoms with E-state index in [0.29, 0.717) is 21.3 Å². The van der Waals surface area contributed by atoms with E-state index in [-0.39, 0.29) is 5.91 Å². The second kappa shape index (κ2) is 7.59. The fourth-order valence-electron chi connectivity index (χ4n) is 2.00. The zero-order valence-corrected chi connectivity index (χ0v) is 14.1. The SMILES string of the molecule is COC(=O)c1cnc(NC(=O)c2ccc(Oc3ccccc3)cc2)s1. The lowest BCUT2D eigenvalue weighted by atomic mass is 10.2. The van der Waals surface area contributed by atoms with Crippen LogP contribution in [0.5, 0.6) is 11.5 Å². The molecule has 0 aliphatic rings. The number of ether oxygens (including phenoxy) is 2. The molecule has 0 unspecified atom stereocenters. The minimum Gasteiger partial charge on any atom is -0.465 e. The molecule has 0 aliphatic carbocycles. The van der Waals surface area contributed by atoms with Crippen molar-refractivity contribution >= 4 is 28.3 Å². The van der Waals surface area contributed by atoms with Gasteiger partial charge in [-0.2, -0.15) is 0 Å². The monoisotopic (exact) mass is 354 g/mol. The van der Waals surface area contributed by atoms with Crippen molar-refractivity contribution in [2.75, 3.05) is 12.4 Å². The largest absolute Gasteiger partial charge is 0.465 e. The average molecular weight is 354 g/mol. The topological polar surface area (TPSA) is 77.5 Å². The number of amides is 1. The van der Waals surface area contributed by atoms with Crippen LogP contribution in [0, 0.1) is 0 Å². The Morgan fingerprint density at radius 2 is 1.68 bits per heavy atom. The minimum absolute atomic E-state index is 0.322. The number of benzene rings is 2. The molecule has 25 heavy (non-hydrogen) atoms. The Hall–Kier alpha value is -3.19. The van der Waals surface area contributed by atoms with E-state index < -0.39 is 5.97 Å². The molecule has 0 bridgehead atoms. The molecule has 126 valence electrons. The highest BCUT2D eigenvalue weighted by Gasteiger charge is 2.13. The number of thiazole rings is 1. The van der Waals surface area contributed by atoms with Gasteiger partial charge >= 0.3 is 5.97 Å². The second-order valence-electron chi connectivity index (χ2n) is 4.91. The van der Waals surface area contributed by atoms with E-state index in [1.165, 1.54) is 13.3 Å². The minimum atomic E-state index is -0.486. The van der Waals surface area contributed by atoms with Gasteiger partial charge in [0.25, 0.3) is 5.91 Å². The number of aromatic nitrogens is 1. The van der Waals surface area contributed by atoms with E-state index in [4.69, 9.17) is 4.74 Å². The van der Waals surface area contributed by atoms with Gasteiger partial charge in [-0.05, 0) is 36.4 Å². The summed E-state index contributed by atoms with van der Waals surface area (Å²) in [5, 5.41) is 2.98. The van der Waals surface area contributed by atoms with Gasteiger partial charge in [-0.25, -0.2) is 9.78 Å². The highest BCUT2D eigenvalue weighted by Crippen LogP contribution is 2.22. The molecule has 3 rings (SSSR count). The standard InChI is InChI=1S/C18H14N2O4S/c1-23-17(22)15-11-19-18(25-15)20-16(21)12-7-9-14(10-8-12)24-13-5-3-2-4-6-13/h2-11H,1H3,(H,19,20,21). The summed E-state index contributed by atoms with van der Waals surface area (Å²) >= 11 is 1.05. The molecular weight excluding hydrogens is 340 g/mol. The first-order chi connectivity index (χ1) is 12.2. The molecule has 0 aliphatic heterocycles. The van der Waals surface area contributed by atoms with Crippen molar-refractivity contribution < 1.29 is 19.1 Å². The molecule has 0 spiro atoms. The molecule has 0 saturated carbocycles. The van der Waals surface area contributed by atoms with Gasteiger partial charge in [0.15, 0.2) is 5.13 Å². The molecule has 1 amide bonds. The molecular formula is C18H14N2O4S. The summed E-state index contributed by atoms with van der Waals surface area (Å²) in [5.41, 5.74) is 0.454. The van der Waals surface area contributed by atoms with Crippen molar-refractivity contribution in [2.45, 2.75) is 0 Å². The Balaban J connectivity index is 1.64. The molecule has 0 radical (unpaired) electrons. The summed E-state index contributed by atoms with van der Waals surface area (Å²) in [6.07, 6.45) is 1.36. The molecule has 3 aromatic rings. The molecule has 0 fully saturated rings. The van der Waals surface area contributed by atoms with Gasteiger partial charge in [-0.15, -0.1) is 0 Å². The van der Waals surface area contributed by atoms with Gasteiger partial charge in [0, 0.05) is 5.56 Å². The van der Waals surface area contributed by atoms with E-state index in [9.17, 15) is 9.59 Å². The van der Waals surface area contributed by atoms with Crippen LogP contribution in [-0.4, -0.2) is 24.0 Å². The van der Waals surface area contributed by atoms with E-state index >= 15 is 0 Å². The molecule has 6 nitrogen and oxygen atoms in total. The number of hydrogen-bond acceptors (Lipinski definition) is 6. The molecule has 1 aromatic heterocycles.